The highest BCUT2D eigenvalue weighted by Gasteiger charge is 2.44. The monoisotopic (exact) mass is 679 g/mol. The number of aliphatic carboxylic acids is 1. The number of carboxylic acids is 1. The summed E-state index contributed by atoms with van der Waals surface area (Å²) in [5, 5.41) is 13.8. The summed E-state index contributed by atoms with van der Waals surface area (Å²) < 4.78 is 26.0. The Morgan fingerprint density at radius 3 is 2.93 bits per heavy atom. The second-order valence-electron chi connectivity index (χ2n) is 12.0. The molecule has 2 N–H and O–H groups in total. The van der Waals surface area contributed by atoms with E-state index in [0.29, 0.717) is 56.1 Å². The first-order chi connectivity index (χ1) is 19.8. The summed E-state index contributed by atoms with van der Waals surface area (Å²) in [6, 6.07) is 7.74. The number of fused-ring (bicyclic) bond motifs is 1. The van der Waals surface area contributed by atoms with Crippen LogP contribution in [0.5, 0.6) is 5.75 Å². The number of pyridine rings is 1. The predicted molar refractivity (Wildman–Crippen MR) is 167 cm³/mol. The average molecular weight is 680 g/mol. The molecule has 3 aliphatic rings. The number of aromatic nitrogens is 1. The number of alkyl halides is 1. The fraction of sp³-hybridized carbons (Fsp3) is 0.625. The molecule has 9 heteroatoms. The Morgan fingerprint density at radius 1 is 1.29 bits per heavy atom. The van der Waals surface area contributed by atoms with E-state index in [1.807, 2.05) is 4.90 Å². The minimum atomic E-state index is -0.966. The van der Waals surface area contributed by atoms with Crippen molar-refractivity contribution >= 4 is 34.4 Å². The molecule has 4 heterocycles. The number of benzene rings is 1. The Morgan fingerprint density at radius 2 is 2.12 bits per heavy atom. The van der Waals surface area contributed by atoms with Gasteiger partial charge in [-0.2, -0.15) is 0 Å². The number of hydrogen-bond acceptors (Lipinski definition) is 6. The Labute approximate surface area is 256 Å². The van der Waals surface area contributed by atoms with Crippen LogP contribution in [-0.4, -0.2) is 63.8 Å². The number of halogens is 2. The molecule has 2 saturated heterocycles. The van der Waals surface area contributed by atoms with E-state index in [1.54, 1.807) is 6.07 Å². The van der Waals surface area contributed by atoms with Gasteiger partial charge in [0.15, 0.2) is 0 Å². The quantitative estimate of drug-likeness (QED) is 0.152. The number of anilines is 1. The first-order valence-corrected chi connectivity index (χ1v) is 16.3. The summed E-state index contributed by atoms with van der Waals surface area (Å²) in [6.07, 6.45) is 9.26. The van der Waals surface area contributed by atoms with E-state index in [1.165, 1.54) is 24.1 Å². The number of carboxylic acid groups (broad SMARTS) is 1. The first kappa shape index (κ1) is 30.5. The second kappa shape index (κ2) is 14.0. The van der Waals surface area contributed by atoms with Gasteiger partial charge < -0.3 is 19.9 Å². The molecule has 224 valence electrons. The topological polar surface area (TPSA) is 83.9 Å². The van der Waals surface area contributed by atoms with Crippen molar-refractivity contribution < 1.29 is 23.8 Å². The van der Waals surface area contributed by atoms with Gasteiger partial charge in [0.25, 0.3) is 0 Å². The highest BCUT2D eigenvalue weighted by molar-refractivity contribution is 14.1. The lowest BCUT2D eigenvalue weighted by Crippen LogP contribution is -2.38. The fourth-order valence-electron chi connectivity index (χ4n) is 6.44. The molecule has 0 aliphatic carbocycles. The minimum absolute atomic E-state index is 0.0319. The molecule has 3 aliphatic heterocycles. The van der Waals surface area contributed by atoms with E-state index in [9.17, 15) is 14.3 Å². The Hall–Kier alpha value is -1.98. The smallest absolute Gasteiger partial charge is 0.325 e. The van der Waals surface area contributed by atoms with Crippen molar-refractivity contribution in [2.75, 3.05) is 44.8 Å². The highest BCUT2D eigenvalue weighted by Crippen LogP contribution is 2.44. The van der Waals surface area contributed by atoms with Crippen LogP contribution in [0.25, 0.3) is 0 Å². The molecule has 0 amide bonds. The third-order valence-electron chi connectivity index (χ3n) is 9.12. The van der Waals surface area contributed by atoms with Crippen LogP contribution in [0.15, 0.2) is 30.3 Å². The van der Waals surface area contributed by atoms with Gasteiger partial charge in [0.05, 0.1) is 6.61 Å². The maximum Gasteiger partial charge on any atom is 0.325 e. The van der Waals surface area contributed by atoms with Crippen molar-refractivity contribution in [3.8, 4) is 5.75 Å². The maximum atomic E-state index is 14.4. The molecule has 1 aromatic heterocycles. The van der Waals surface area contributed by atoms with Crippen LogP contribution in [0.2, 0.25) is 0 Å². The van der Waals surface area contributed by atoms with Gasteiger partial charge in [-0.05, 0) is 93.0 Å². The van der Waals surface area contributed by atoms with E-state index in [-0.39, 0.29) is 3.42 Å². The van der Waals surface area contributed by atoms with E-state index in [0.717, 1.165) is 69.4 Å². The lowest BCUT2D eigenvalue weighted by Gasteiger charge is -2.32. The number of nitrogens with one attached hydrogen (secondary N) is 1. The van der Waals surface area contributed by atoms with Crippen molar-refractivity contribution in [2.45, 2.75) is 74.2 Å². The van der Waals surface area contributed by atoms with Gasteiger partial charge in [-0.25, -0.2) is 9.37 Å². The van der Waals surface area contributed by atoms with Gasteiger partial charge in [0.1, 0.15) is 23.4 Å². The lowest BCUT2D eigenvalue weighted by molar-refractivity contribution is -0.143. The molecule has 0 spiro atoms. The van der Waals surface area contributed by atoms with Crippen molar-refractivity contribution in [3.05, 3.63) is 53.0 Å². The van der Waals surface area contributed by atoms with E-state index in [4.69, 9.17) is 14.5 Å². The van der Waals surface area contributed by atoms with Crippen molar-refractivity contribution in [1.82, 2.24) is 9.88 Å². The van der Waals surface area contributed by atoms with Crippen LogP contribution in [0.4, 0.5) is 10.2 Å². The summed E-state index contributed by atoms with van der Waals surface area (Å²) in [6.45, 7) is 6.52. The number of carbonyl (C=O) groups is 1. The fourth-order valence-corrected chi connectivity index (χ4v) is 7.43. The van der Waals surface area contributed by atoms with E-state index >= 15 is 0 Å². The van der Waals surface area contributed by atoms with Crippen molar-refractivity contribution in [2.24, 2.45) is 11.8 Å². The Kier molecular flexibility index (Phi) is 10.4. The third kappa shape index (κ3) is 7.70. The van der Waals surface area contributed by atoms with Crippen LogP contribution in [-0.2, 0) is 22.4 Å². The van der Waals surface area contributed by atoms with Crippen LogP contribution in [0, 0.1) is 17.7 Å². The van der Waals surface area contributed by atoms with Crippen molar-refractivity contribution in [1.29, 1.82) is 0 Å². The van der Waals surface area contributed by atoms with Crippen molar-refractivity contribution in [3.63, 3.8) is 0 Å². The van der Waals surface area contributed by atoms with Gasteiger partial charge in [0.2, 0.25) is 0 Å². The van der Waals surface area contributed by atoms with Gasteiger partial charge >= 0.3 is 5.97 Å². The Balaban J connectivity index is 1.17. The number of nitrogens with zero attached hydrogens (tertiary/aromatic N) is 2. The third-order valence-corrected chi connectivity index (χ3v) is 11.1. The molecule has 0 saturated carbocycles. The normalized spacial score (nSPS) is 23.0. The number of unbranched alkanes of at least 4 members (excludes halogenated alkanes) is 1. The average Bonchev–Trinajstić information content (AvgIpc) is 3.37. The summed E-state index contributed by atoms with van der Waals surface area (Å²) in [5.41, 5.74) is 2.88. The van der Waals surface area contributed by atoms with E-state index in [2.05, 4.69) is 47.0 Å². The molecule has 2 fully saturated rings. The van der Waals surface area contributed by atoms with Crippen LogP contribution < -0.4 is 10.1 Å². The summed E-state index contributed by atoms with van der Waals surface area (Å²) in [7, 11) is 0. The SMILES string of the molecule is CC(CCCCc1ccc2c(n1)NCCC2)[C@]1(I)CCN(C(C(=O)O)c2cc(F)ccc2OCC2CCOCC2)C1. The molecular weight excluding hydrogens is 636 g/mol. The Bertz CT molecular complexity index is 1190. The number of rotatable bonds is 12. The molecular formula is C32H43FIN3O4. The molecule has 2 aromatic rings. The van der Waals surface area contributed by atoms with Crippen LogP contribution in [0.3, 0.4) is 0 Å². The largest absolute Gasteiger partial charge is 0.493 e. The standard InChI is InChI=1S/C32H43FIN3O4/c1-22(5-2-3-7-26-10-8-24-6-4-15-35-30(24)36-26)32(34)14-16-37(21-32)29(31(38)39)27-19-25(33)9-11-28(27)41-20-23-12-17-40-18-13-23/h8-11,19,22-23,29H,2-7,12-18,20-21H2,1H3,(H,35,36)(H,38,39)/t22?,29?,32-/m0/s1. The predicted octanol–water partition coefficient (Wildman–Crippen LogP) is 6.44. The highest BCUT2D eigenvalue weighted by atomic mass is 127. The molecule has 1 aromatic carbocycles. The molecule has 5 rings (SSSR count). The minimum Gasteiger partial charge on any atom is -0.493 e. The van der Waals surface area contributed by atoms with Gasteiger partial charge in [-0.3, -0.25) is 9.69 Å². The summed E-state index contributed by atoms with van der Waals surface area (Å²) in [4.78, 5) is 19.5. The maximum absolute atomic E-state index is 14.4. The van der Waals surface area contributed by atoms with Gasteiger partial charge in [-0.15, -0.1) is 0 Å². The number of aryl methyl sites for hydroxylation is 2. The molecule has 2 unspecified atom stereocenters. The first-order valence-electron chi connectivity index (χ1n) is 15.2. The molecule has 41 heavy (non-hydrogen) atoms. The molecule has 3 atom stereocenters. The molecule has 7 nitrogen and oxygen atoms in total. The zero-order chi connectivity index (χ0) is 28.8. The van der Waals surface area contributed by atoms with Crippen LogP contribution in [0.1, 0.15) is 74.7 Å². The number of ether oxygens (including phenoxy) is 2. The zero-order valence-corrected chi connectivity index (χ0v) is 26.2. The summed E-state index contributed by atoms with van der Waals surface area (Å²) in [5.74, 6) is 0.906. The lowest BCUT2D eigenvalue weighted by atomic mass is 9.88. The van der Waals surface area contributed by atoms with Gasteiger partial charge in [-0.1, -0.05) is 42.0 Å². The van der Waals surface area contributed by atoms with E-state index < -0.39 is 17.8 Å². The van der Waals surface area contributed by atoms with Gasteiger partial charge in [0, 0.05) is 47.5 Å². The van der Waals surface area contributed by atoms with Crippen LogP contribution >= 0.6 is 22.6 Å². The number of likely N-dealkylation sites (tertiary alicyclic amines) is 1. The molecule has 0 radical (unpaired) electrons. The second-order valence-corrected chi connectivity index (χ2v) is 14.2. The zero-order valence-electron chi connectivity index (χ0n) is 24.0. The summed E-state index contributed by atoms with van der Waals surface area (Å²) >= 11 is 2.56. The number of hydrogen-bond donors (Lipinski definition) is 2. The molecule has 0 bridgehead atoms.